The van der Waals surface area contributed by atoms with Gasteiger partial charge in [-0.2, -0.15) is 5.10 Å². The highest BCUT2D eigenvalue weighted by Gasteiger charge is 2.26. The molecule has 9 heteroatoms. The highest BCUT2D eigenvalue weighted by molar-refractivity contribution is 5.86. The van der Waals surface area contributed by atoms with Gasteiger partial charge >= 0.3 is 0 Å². The monoisotopic (exact) mass is 425 g/mol. The van der Waals surface area contributed by atoms with Crippen LogP contribution in [0.3, 0.4) is 0 Å². The van der Waals surface area contributed by atoms with E-state index in [1.54, 1.807) is 11.7 Å². The lowest BCUT2D eigenvalue weighted by Gasteiger charge is -2.37. The second-order valence-electron chi connectivity index (χ2n) is 7.86. The molecule has 1 aromatic carbocycles. The fourth-order valence-electron chi connectivity index (χ4n) is 4.10. The van der Waals surface area contributed by atoms with E-state index >= 15 is 0 Å². The lowest BCUT2D eigenvalue weighted by Crippen LogP contribution is -2.53. The first-order valence-electron chi connectivity index (χ1n) is 10.8. The molecule has 2 aliphatic rings. The van der Waals surface area contributed by atoms with E-state index in [0.29, 0.717) is 13.2 Å². The summed E-state index contributed by atoms with van der Waals surface area (Å²) in [6.07, 6.45) is 3.76. The number of aromatic nitrogens is 2. The largest absolute Gasteiger partial charge is 0.370 e. The standard InChI is InChI=1S/C22H31N7O2/c1-23-22(29-12-13-31-20(17-29)18-14-25-26(2)16-18)24-15-21(30)28-10-8-27(9-11-28)19-6-4-3-5-7-19/h3-7,14,16,20H,8-13,15,17H2,1-2H3,(H,23,24). The normalized spacial score (nSPS) is 20.1. The molecule has 1 N–H and O–H groups in total. The minimum absolute atomic E-state index is 0.0530. The Morgan fingerprint density at radius 3 is 2.61 bits per heavy atom. The van der Waals surface area contributed by atoms with Crippen LogP contribution in [0.4, 0.5) is 5.69 Å². The molecular formula is C22H31N7O2. The number of hydrogen-bond donors (Lipinski definition) is 1. The SMILES string of the molecule is CN=C(NCC(=O)N1CCN(c2ccccc2)CC1)N1CCOC(c2cnn(C)c2)C1. The highest BCUT2D eigenvalue weighted by atomic mass is 16.5. The number of anilines is 1. The Balaban J connectivity index is 1.26. The molecule has 4 rings (SSSR count). The van der Waals surface area contributed by atoms with E-state index in [4.69, 9.17) is 4.74 Å². The number of nitrogens with one attached hydrogen (secondary N) is 1. The van der Waals surface area contributed by atoms with Crippen molar-refractivity contribution in [2.45, 2.75) is 6.10 Å². The lowest BCUT2D eigenvalue weighted by atomic mass is 10.1. The minimum Gasteiger partial charge on any atom is -0.370 e. The number of nitrogens with zero attached hydrogens (tertiary/aromatic N) is 6. The molecule has 0 saturated carbocycles. The van der Waals surface area contributed by atoms with Crippen LogP contribution in [0.25, 0.3) is 0 Å². The molecule has 166 valence electrons. The van der Waals surface area contributed by atoms with Crippen LogP contribution in [0.15, 0.2) is 47.7 Å². The number of benzene rings is 1. The number of hydrogen-bond acceptors (Lipinski definition) is 5. The van der Waals surface area contributed by atoms with Gasteiger partial charge < -0.3 is 24.8 Å². The predicted molar refractivity (Wildman–Crippen MR) is 120 cm³/mol. The topological polar surface area (TPSA) is 78.2 Å². The Morgan fingerprint density at radius 1 is 1.16 bits per heavy atom. The van der Waals surface area contributed by atoms with Gasteiger partial charge in [-0.15, -0.1) is 0 Å². The van der Waals surface area contributed by atoms with E-state index in [9.17, 15) is 4.79 Å². The zero-order valence-electron chi connectivity index (χ0n) is 18.3. The van der Waals surface area contributed by atoms with Crippen LogP contribution < -0.4 is 10.2 Å². The van der Waals surface area contributed by atoms with Gasteiger partial charge in [-0.25, -0.2) is 0 Å². The minimum atomic E-state index is -0.0530. The average Bonchev–Trinajstić information content (AvgIpc) is 3.26. The van der Waals surface area contributed by atoms with Gasteiger partial charge in [-0.3, -0.25) is 14.5 Å². The van der Waals surface area contributed by atoms with Crippen molar-refractivity contribution in [1.29, 1.82) is 0 Å². The van der Waals surface area contributed by atoms with Gasteiger partial charge in [0.1, 0.15) is 6.10 Å². The number of rotatable bonds is 4. The van der Waals surface area contributed by atoms with Crippen LogP contribution in [0.1, 0.15) is 11.7 Å². The molecule has 0 aliphatic carbocycles. The maximum absolute atomic E-state index is 12.8. The first kappa shape index (κ1) is 21.2. The molecule has 2 fully saturated rings. The van der Waals surface area contributed by atoms with Crippen LogP contribution in [0.5, 0.6) is 0 Å². The summed E-state index contributed by atoms with van der Waals surface area (Å²) in [5.74, 6) is 0.833. The van der Waals surface area contributed by atoms with Gasteiger partial charge in [0.05, 0.1) is 25.9 Å². The molecule has 1 aromatic heterocycles. The highest BCUT2D eigenvalue weighted by Crippen LogP contribution is 2.21. The molecule has 31 heavy (non-hydrogen) atoms. The van der Waals surface area contributed by atoms with Crippen molar-refractivity contribution in [3.63, 3.8) is 0 Å². The molecule has 3 heterocycles. The summed E-state index contributed by atoms with van der Waals surface area (Å²) in [5, 5.41) is 7.49. The van der Waals surface area contributed by atoms with Gasteiger partial charge in [0.2, 0.25) is 5.91 Å². The van der Waals surface area contributed by atoms with Crippen molar-refractivity contribution in [2.75, 3.05) is 64.4 Å². The fraction of sp³-hybridized carbons (Fsp3) is 0.500. The van der Waals surface area contributed by atoms with E-state index < -0.39 is 0 Å². The number of aliphatic imine (C=N–C) groups is 1. The predicted octanol–water partition coefficient (Wildman–Crippen LogP) is 0.718. The molecule has 9 nitrogen and oxygen atoms in total. The Kier molecular flexibility index (Phi) is 6.71. The molecule has 0 bridgehead atoms. The van der Waals surface area contributed by atoms with Crippen molar-refractivity contribution in [1.82, 2.24) is 24.9 Å². The smallest absolute Gasteiger partial charge is 0.242 e. The van der Waals surface area contributed by atoms with Crippen molar-refractivity contribution in [3.05, 3.63) is 48.3 Å². The summed E-state index contributed by atoms with van der Waals surface area (Å²) >= 11 is 0. The maximum Gasteiger partial charge on any atom is 0.242 e. The first-order chi connectivity index (χ1) is 15.1. The number of piperazine rings is 1. The average molecular weight is 426 g/mol. The van der Waals surface area contributed by atoms with E-state index in [1.807, 2.05) is 42.5 Å². The second kappa shape index (κ2) is 9.82. The number of guanidine groups is 1. The zero-order chi connectivity index (χ0) is 21.6. The number of para-hydroxylation sites is 1. The second-order valence-corrected chi connectivity index (χ2v) is 7.86. The van der Waals surface area contributed by atoms with Gasteiger partial charge in [0.25, 0.3) is 0 Å². The molecular weight excluding hydrogens is 394 g/mol. The zero-order valence-corrected chi connectivity index (χ0v) is 18.3. The fourth-order valence-corrected chi connectivity index (χ4v) is 4.10. The van der Waals surface area contributed by atoms with E-state index in [-0.39, 0.29) is 18.6 Å². The molecule has 1 atom stereocenters. The third kappa shape index (κ3) is 5.16. The summed E-state index contributed by atoms with van der Waals surface area (Å²) in [5.41, 5.74) is 2.26. The summed E-state index contributed by atoms with van der Waals surface area (Å²) in [4.78, 5) is 23.5. The number of amides is 1. The van der Waals surface area contributed by atoms with Crippen LogP contribution in [0.2, 0.25) is 0 Å². The number of ether oxygens (including phenoxy) is 1. The number of aryl methyl sites for hydroxylation is 1. The third-order valence-electron chi connectivity index (χ3n) is 5.83. The number of carbonyl (C=O) groups is 1. The van der Waals surface area contributed by atoms with Gasteiger partial charge in [-0.1, -0.05) is 18.2 Å². The van der Waals surface area contributed by atoms with Crippen LogP contribution in [-0.4, -0.2) is 90.9 Å². The maximum atomic E-state index is 12.8. The van der Waals surface area contributed by atoms with Crippen LogP contribution >= 0.6 is 0 Å². The molecule has 2 aromatic rings. The van der Waals surface area contributed by atoms with Crippen LogP contribution in [-0.2, 0) is 16.6 Å². The van der Waals surface area contributed by atoms with Gasteiger partial charge in [0.15, 0.2) is 5.96 Å². The van der Waals surface area contributed by atoms with Crippen LogP contribution in [0, 0.1) is 0 Å². The van der Waals surface area contributed by atoms with E-state index in [0.717, 1.165) is 44.2 Å². The number of morpholine rings is 1. The summed E-state index contributed by atoms with van der Waals surface area (Å²) in [7, 11) is 3.65. The van der Waals surface area contributed by atoms with Gasteiger partial charge in [-0.05, 0) is 12.1 Å². The Bertz CT molecular complexity index is 890. The Labute approximate surface area is 183 Å². The van der Waals surface area contributed by atoms with Gasteiger partial charge in [0, 0.05) is 64.3 Å². The molecule has 0 radical (unpaired) electrons. The number of carbonyl (C=O) groups excluding carboxylic acids is 1. The summed E-state index contributed by atoms with van der Waals surface area (Å²) in [6, 6.07) is 10.4. The molecule has 2 aliphatic heterocycles. The molecule has 0 spiro atoms. The Morgan fingerprint density at radius 2 is 1.94 bits per heavy atom. The van der Waals surface area contributed by atoms with Crippen molar-refractivity contribution < 1.29 is 9.53 Å². The third-order valence-corrected chi connectivity index (χ3v) is 5.83. The van der Waals surface area contributed by atoms with Crippen molar-refractivity contribution in [3.8, 4) is 0 Å². The summed E-state index contributed by atoms with van der Waals surface area (Å²) in [6.45, 7) is 5.42. The van der Waals surface area contributed by atoms with E-state index in [2.05, 4.69) is 37.3 Å². The quantitative estimate of drug-likeness (QED) is 0.575. The molecule has 2 saturated heterocycles. The Hall–Kier alpha value is -3.07. The summed E-state index contributed by atoms with van der Waals surface area (Å²) < 4.78 is 7.69. The van der Waals surface area contributed by atoms with Crippen molar-refractivity contribution in [2.24, 2.45) is 12.0 Å². The molecule has 1 amide bonds. The molecule has 1 unspecified atom stereocenters. The van der Waals surface area contributed by atoms with Crippen molar-refractivity contribution >= 4 is 17.6 Å². The van der Waals surface area contributed by atoms with E-state index in [1.165, 1.54) is 5.69 Å². The first-order valence-corrected chi connectivity index (χ1v) is 10.8. The lowest BCUT2D eigenvalue weighted by molar-refractivity contribution is -0.130.